The number of aryl methyl sites for hydroxylation is 1. The number of alkyl halides is 3. The van der Waals surface area contributed by atoms with E-state index in [1.54, 1.807) is 6.07 Å². The maximum atomic E-state index is 14.7. The van der Waals surface area contributed by atoms with E-state index in [1.165, 1.54) is 13.0 Å². The van der Waals surface area contributed by atoms with Gasteiger partial charge in [-0.05, 0) is 54.2 Å². The van der Waals surface area contributed by atoms with E-state index in [0.29, 0.717) is 24.0 Å². The monoisotopic (exact) mass is 518 g/mol. The second-order valence-corrected chi connectivity index (χ2v) is 8.15. The minimum Gasteiger partial charge on any atom is -0.619 e. The highest BCUT2D eigenvalue weighted by Crippen LogP contribution is 2.29. The van der Waals surface area contributed by atoms with E-state index in [4.69, 9.17) is 0 Å². The van der Waals surface area contributed by atoms with Gasteiger partial charge in [0.1, 0.15) is 16.9 Å². The Bertz CT molecular complexity index is 1280. The summed E-state index contributed by atoms with van der Waals surface area (Å²) in [6.07, 6.45) is -2.88. The van der Waals surface area contributed by atoms with Crippen LogP contribution >= 0.6 is 0 Å². The number of halogens is 4. The third-order valence-electron chi connectivity index (χ3n) is 5.66. The van der Waals surface area contributed by atoms with Gasteiger partial charge in [-0.2, -0.15) is 17.9 Å². The molecule has 0 saturated carbocycles. The average molecular weight is 519 g/mol. The Kier molecular flexibility index (Phi) is 8.69. The fraction of sp³-hybridized carbons (Fsp3) is 0.269. The Balaban J connectivity index is 1.60. The summed E-state index contributed by atoms with van der Waals surface area (Å²) in [5.74, 6) is -1.49. The SMILES string of the molecule is CCc1ccccc1-c1ccc(CCNC(=O)N(CC)NC(=O)c2cc(C(F)(F)F)c[n+]([O-])c2)c(F)c1. The van der Waals surface area contributed by atoms with E-state index in [1.807, 2.05) is 37.3 Å². The molecule has 7 nitrogen and oxygen atoms in total. The minimum atomic E-state index is -4.82. The van der Waals surface area contributed by atoms with Crippen molar-refractivity contribution in [1.29, 1.82) is 0 Å². The number of urea groups is 1. The number of nitrogens with one attached hydrogen (secondary N) is 2. The van der Waals surface area contributed by atoms with Crippen molar-refractivity contribution in [3.8, 4) is 11.1 Å². The predicted molar refractivity (Wildman–Crippen MR) is 129 cm³/mol. The van der Waals surface area contributed by atoms with Crippen LogP contribution in [0, 0.1) is 11.0 Å². The molecular weight excluding hydrogens is 492 g/mol. The molecule has 0 atom stereocenters. The van der Waals surface area contributed by atoms with Gasteiger partial charge in [0.2, 0.25) is 0 Å². The molecule has 3 rings (SSSR count). The van der Waals surface area contributed by atoms with Gasteiger partial charge in [0.05, 0.1) is 0 Å². The van der Waals surface area contributed by atoms with Crippen LogP contribution in [-0.4, -0.2) is 30.0 Å². The smallest absolute Gasteiger partial charge is 0.422 e. The van der Waals surface area contributed by atoms with E-state index in [0.717, 1.165) is 28.1 Å². The van der Waals surface area contributed by atoms with Crippen molar-refractivity contribution < 1.29 is 31.9 Å². The van der Waals surface area contributed by atoms with Gasteiger partial charge in [-0.25, -0.2) is 14.2 Å². The highest BCUT2D eigenvalue weighted by atomic mass is 19.4. The van der Waals surface area contributed by atoms with Crippen molar-refractivity contribution in [1.82, 2.24) is 15.8 Å². The predicted octanol–water partition coefficient (Wildman–Crippen LogP) is 4.63. The van der Waals surface area contributed by atoms with E-state index < -0.39 is 35.1 Å². The molecule has 11 heteroatoms. The lowest BCUT2D eigenvalue weighted by molar-refractivity contribution is -0.606. The second-order valence-electron chi connectivity index (χ2n) is 8.15. The number of aromatic nitrogens is 1. The van der Waals surface area contributed by atoms with Gasteiger partial charge in [-0.15, -0.1) is 0 Å². The number of carbonyl (C=O) groups excluding carboxylic acids is 2. The van der Waals surface area contributed by atoms with Crippen LogP contribution in [0.3, 0.4) is 0 Å². The average Bonchev–Trinajstić information content (AvgIpc) is 2.87. The highest BCUT2D eigenvalue weighted by molar-refractivity contribution is 5.94. The lowest BCUT2D eigenvalue weighted by atomic mass is 9.96. The van der Waals surface area contributed by atoms with Crippen LogP contribution in [0.4, 0.5) is 22.4 Å². The van der Waals surface area contributed by atoms with Crippen molar-refractivity contribution in [3.63, 3.8) is 0 Å². The first-order valence-electron chi connectivity index (χ1n) is 11.6. The van der Waals surface area contributed by atoms with Crippen LogP contribution in [0.25, 0.3) is 11.1 Å². The fourth-order valence-corrected chi connectivity index (χ4v) is 3.72. The summed E-state index contributed by atoms with van der Waals surface area (Å²) in [5, 5.41) is 14.9. The van der Waals surface area contributed by atoms with Gasteiger partial charge in [0.25, 0.3) is 5.91 Å². The Morgan fingerprint density at radius 3 is 2.41 bits per heavy atom. The number of benzene rings is 2. The Hall–Kier alpha value is -4.15. The molecule has 0 radical (unpaired) electrons. The Morgan fingerprint density at radius 2 is 1.76 bits per heavy atom. The molecule has 0 aliphatic rings. The molecule has 2 N–H and O–H groups in total. The summed E-state index contributed by atoms with van der Waals surface area (Å²) in [7, 11) is 0. The fourth-order valence-electron chi connectivity index (χ4n) is 3.72. The number of hydrogen-bond acceptors (Lipinski definition) is 3. The van der Waals surface area contributed by atoms with Crippen molar-refractivity contribution in [3.05, 3.63) is 94.2 Å². The molecule has 1 aromatic heterocycles. The largest absolute Gasteiger partial charge is 0.619 e. The second kappa shape index (κ2) is 11.7. The molecule has 0 aliphatic carbocycles. The van der Waals surface area contributed by atoms with E-state index in [9.17, 15) is 32.4 Å². The molecule has 37 heavy (non-hydrogen) atoms. The molecule has 0 aliphatic heterocycles. The standard InChI is InChI=1S/C26H26F4N4O3/c1-3-17-7-5-6-8-22(17)19-10-9-18(23(27)14-19)11-12-31-25(36)34(4-2)32-24(35)20-13-21(26(28,29)30)16-33(37)15-20/h5-10,13-16H,3-4,11-12H2,1-2H3,(H,31,36)(H,32,35). The molecular formula is C26H26F4N4O3. The van der Waals surface area contributed by atoms with Crippen molar-refractivity contribution in [2.45, 2.75) is 32.9 Å². The van der Waals surface area contributed by atoms with Crippen LogP contribution < -0.4 is 15.5 Å². The summed E-state index contributed by atoms with van der Waals surface area (Å²) >= 11 is 0. The quantitative estimate of drug-likeness (QED) is 0.207. The molecule has 3 amide bonds. The molecule has 3 aromatic rings. The van der Waals surface area contributed by atoms with Crippen LogP contribution in [0.2, 0.25) is 0 Å². The van der Waals surface area contributed by atoms with Crippen molar-refractivity contribution >= 4 is 11.9 Å². The number of carbonyl (C=O) groups is 2. The molecule has 0 saturated heterocycles. The normalized spacial score (nSPS) is 11.2. The zero-order valence-corrected chi connectivity index (χ0v) is 20.2. The van der Waals surface area contributed by atoms with Crippen molar-refractivity contribution in [2.75, 3.05) is 13.1 Å². The van der Waals surface area contributed by atoms with Crippen LogP contribution in [0.1, 0.15) is 40.9 Å². The van der Waals surface area contributed by atoms with Gasteiger partial charge < -0.3 is 10.5 Å². The number of nitrogens with zero attached hydrogens (tertiary/aromatic N) is 2. The molecule has 0 bridgehead atoms. The maximum Gasteiger partial charge on any atom is 0.422 e. The first-order valence-corrected chi connectivity index (χ1v) is 11.6. The van der Waals surface area contributed by atoms with Crippen LogP contribution in [0.15, 0.2) is 60.9 Å². The zero-order valence-electron chi connectivity index (χ0n) is 20.2. The molecule has 0 fully saturated rings. The highest BCUT2D eigenvalue weighted by Gasteiger charge is 2.34. The third-order valence-corrected chi connectivity index (χ3v) is 5.66. The molecule has 0 unspecified atom stereocenters. The van der Waals surface area contributed by atoms with Gasteiger partial charge in [-0.1, -0.05) is 43.3 Å². The summed E-state index contributed by atoms with van der Waals surface area (Å²) in [6, 6.07) is 12.4. The first kappa shape index (κ1) is 27.4. The maximum absolute atomic E-state index is 14.7. The van der Waals surface area contributed by atoms with E-state index in [-0.39, 0.29) is 24.2 Å². The summed E-state index contributed by atoms with van der Waals surface area (Å²) in [5.41, 5.74) is 3.48. The zero-order chi connectivity index (χ0) is 27.2. The Morgan fingerprint density at radius 1 is 1.03 bits per heavy atom. The topological polar surface area (TPSA) is 88.4 Å². The summed E-state index contributed by atoms with van der Waals surface area (Å²) in [6.45, 7) is 3.57. The van der Waals surface area contributed by atoms with Crippen LogP contribution in [0.5, 0.6) is 0 Å². The van der Waals surface area contributed by atoms with Gasteiger partial charge in [0, 0.05) is 13.1 Å². The van der Waals surface area contributed by atoms with Gasteiger partial charge in [-0.3, -0.25) is 10.2 Å². The van der Waals surface area contributed by atoms with E-state index in [2.05, 4.69) is 10.7 Å². The summed E-state index contributed by atoms with van der Waals surface area (Å²) in [4.78, 5) is 24.9. The Labute approximate surface area is 211 Å². The lowest BCUT2D eigenvalue weighted by Crippen LogP contribution is -2.51. The number of amides is 3. The first-order chi connectivity index (χ1) is 17.5. The number of hydrazine groups is 1. The third kappa shape index (κ3) is 6.96. The number of hydrogen-bond donors (Lipinski definition) is 2. The minimum absolute atomic E-state index is 0.0200. The van der Waals surface area contributed by atoms with Gasteiger partial charge in [0.15, 0.2) is 12.4 Å². The molecule has 2 aromatic carbocycles. The van der Waals surface area contributed by atoms with E-state index >= 15 is 0 Å². The van der Waals surface area contributed by atoms with Crippen molar-refractivity contribution in [2.24, 2.45) is 0 Å². The van der Waals surface area contributed by atoms with Gasteiger partial charge >= 0.3 is 12.2 Å². The molecule has 1 heterocycles. The van der Waals surface area contributed by atoms with Crippen LogP contribution in [-0.2, 0) is 19.0 Å². The molecule has 0 spiro atoms. The summed E-state index contributed by atoms with van der Waals surface area (Å²) < 4.78 is 53.4. The lowest BCUT2D eigenvalue weighted by Gasteiger charge is -2.22. The number of rotatable bonds is 7. The molecule has 196 valence electrons. The number of pyridine rings is 1.